The second-order valence-electron chi connectivity index (χ2n) is 4.08. The largest absolute Gasteiger partial charge is 0.357 e. The van der Waals surface area contributed by atoms with E-state index in [1.807, 2.05) is 26.1 Å². The van der Waals surface area contributed by atoms with Crippen LogP contribution in [-0.2, 0) is 0 Å². The predicted octanol–water partition coefficient (Wildman–Crippen LogP) is 3.16. The topological polar surface area (TPSA) is 39.9 Å². The molecule has 92 valence electrons. The first-order valence-electron chi connectivity index (χ1n) is 6.37. The van der Waals surface area contributed by atoms with Crippen molar-refractivity contribution in [1.82, 2.24) is 4.98 Å². The zero-order chi connectivity index (χ0) is 12.7. The molecule has 1 aromatic rings. The molecule has 0 aliphatic carbocycles. The minimum Gasteiger partial charge on any atom is -0.357 e. The van der Waals surface area contributed by atoms with Gasteiger partial charge in [0.05, 0.1) is 6.07 Å². The molecular weight excluding hydrogens is 210 g/mol. The Balaban J connectivity index is 0.000000686. The number of aromatic nitrogens is 1. The van der Waals surface area contributed by atoms with E-state index in [1.54, 1.807) is 0 Å². The molecule has 2 heterocycles. The summed E-state index contributed by atoms with van der Waals surface area (Å²) >= 11 is 0. The maximum absolute atomic E-state index is 8.81. The van der Waals surface area contributed by atoms with Crippen LogP contribution in [0.3, 0.4) is 0 Å². The average Bonchev–Trinajstić information content (AvgIpc) is 2.41. The summed E-state index contributed by atoms with van der Waals surface area (Å²) in [5.41, 5.74) is 1.24. The Morgan fingerprint density at radius 1 is 1.35 bits per heavy atom. The van der Waals surface area contributed by atoms with Crippen LogP contribution in [0.25, 0.3) is 0 Å². The molecule has 3 nitrogen and oxygen atoms in total. The lowest BCUT2D eigenvalue weighted by Gasteiger charge is -2.30. The first-order valence-corrected chi connectivity index (χ1v) is 6.37. The molecule has 0 unspecified atom stereocenters. The van der Waals surface area contributed by atoms with Crippen molar-refractivity contribution in [2.45, 2.75) is 33.6 Å². The van der Waals surface area contributed by atoms with E-state index in [1.165, 1.54) is 5.56 Å². The molecule has 2 rings (SSSR count). The normalized spacial score (nSPS) is 15.8. The molecule has 0 amide bonds. The van der Waals surface area contributed by atoms with Gasteiger partial charge in [0.1, 0.15) is 5.82 Å². The summed E-state index contributed by atoms with van der Waals surface area (Å²) < 4.78 is 0. The lowest BCUT2D eigenvalue weighted by atomic mass is 9.98. The number of nitriles is 1. The summed E-state index contributed by atoms with van der Waals surface area (Å²) in [6.07, 6.45) is 3.78. The first-order chi connectivity index (χ1) is 8.29. The number of anilines is 1. The van der Waals surface area contributed by atoms with Crippen LogP contribution in [0.15, 0.2) is 18.3 Å². The molecule has 0 atom stereocenters. The molecule has 1 aromatic heterocycles. The molecule has 1 saturated heterocycles. The molecule has 0 bridgehead atoms. The summed E-state index contributed by atoms with van der Waals surface area (Å²) in [7, 11) is 0. The fourth-order valence-electron chi connectivity index (χ4n) is 1.93. The third kappa shape index (κ3) is 3.74. The third-order valence-corrected chi connectivity index (χ3v) is 2.90. The summed E-state index contributed by atoms with van der Waals surface area (Å²) in [6, 6.07) is 6.45. The van der Waals surface area contributed by atoms with Gasteiger partial charge in [0.2, 0.25) is 0 Å². The van der Waals surface area contributed by atoms with Crippen LogP contribution in [0.1, 0.15) is 32.3 Å². The Morgan fingerprint density at radius 3 is 2.53 bits per heavy atom. The predicted molar refractivity (Wildman–Crippen MR) is 70.9 cm³/mol. The van der Waals surface area contributed by atoms with Gasteiger partial charge in [-0.05, 0) is 37.5 Å². The average molecular weight is 231 g/mol. The van der Waals surface area contributed by atoms with Crippen molar-refractivity contribution in [3.63, 3.8) is 0 Å². The highest BCUT2D eigenvalue weighted by atomic mass is 15.2. The Labute approximate surface area is 104 Å². The fourth-order valence-corrected chi connectivity index (χ4v) is 1.93. The van der Waals surface area contributed by atoms with Gasteiger partial charge in [0.15, 0.2) is 0 Å². The van der Waals surface area contributed by atoms with Gasteiger partial charge in [-0.15, -0.1) is 0 Å². The standard InChI is InChI=1S/C12H15N3.C2H6/c1-10-2-5-14-12(8-10)15-6-3-11(9-13)4-7-15;1-2/h2,5,8,11H,3-4,6-7H2,1H3;1-2H3. The molecule has 1 aliphatic heterocycles. The highest BCUT2D eigenvalue weighted by Gasteiger charge is 2.19. The first kappa shape index (κ1) is 13.5. The summed E-state index contributed by atoms with van der Waals surface area (Å²) in [5.74, 6) is 1.29. The van der Waals surface area contributed by atoms with E-state index in [0.29, 0.717) is 0 Å². The summed E-state index contributed by atoms with van der Waals surface area (Å²) in [5, 5.41) is 8.81. The number of nitrogens with zero attached hydrogens (tertiary/aromatic N) is 3. The maximum atomic E-state index is 8.81. The van der Waals surface area contributed by atoms with Gasteiger partial charge in [0.25, 0.3) is 0 Å². The Kier molecular flexibility index (Phi) is 5.48. The van der Waals surface area contributed by atoms with Gasteiger partial charge in [0, 0.05) is 25.2 Å². The molecule has 0 aromatic carbocycles. The monoisotopic (exact) mass is 231 g/mol. The summed E-state index contributed by atoms with van der Waals surface area (Å²) in [4.78, 5) is 6.62. The Morgan fingerprint density at radius 2 is 2.00 bits per heavy atom. The van der Waals surface area contributed by atoms with Crippen molar-refractivity contribution >= 4 is 5.82 Å². The van der Waals surface area contributed by atoms with Crippen LogP contribution in [0.5, 0.6) is 0 Å². The van der Waals surface area contributed by atoms with Crippen molar-refractivity contribution in [3.05, 3.63) is 23.9 Å². The van der Waals surface area contributed by atoms with Crippen LogP contribution in [0.4, 0.5) is 5.82 Å². The summed E-state index contributed by atoms with van der Waals surface area (Å²) in [6.45, 7) is 7.98. The van der Waals surface area contributed by atoms with Crippen LogP contribution in [0, 0.1) is 24.2 Å². The number of piperidine rings is 1. The van der Waals surface area contributed by atoms with E-state index in [0.717, 1.165) is 31.7 Å². The van der Waals surface area contributed by atoms with Gasteiger partial charge in [-0.2, -0.15) is 5.26 Å². The highest BCUT2D eigenvalue weighted by Crippen LogP contribution is 2.21. The number of pyridine rings is 1. The third-order valence-electron chi connectivity index (χ3n) is 2.90. The fraction of sp³-hybridized carbons (Fsp3) is 0.571. The molecule has 0 radical (unpaired) electrons. The van der Waals surface area contributed by atoms with E-state index < -0.39 is 0 Å². The van der Waals surface area contributed by atoms with E-state index in [2.05, 4.69) is 28.9 Å². The van der Waals surface area contributed by atoms with Crippen LogP contribution in [-0.4, -0.2) is 18.1 Å². The quantitative estimate of drug-likeness (QED) is 0.745. The molecule has 1 aliphatic rings. The van der Waals surface area contributed by atoms with Crippen molar-refractivity contribution in [2.24, 2.45) is 5.92 Å². The van der Waals surface area contributed by atoms with Crippen LogP contribution < -0.4 is 4.90 Å². The SMILES string of the molecule is CC.Cc1ccnc(N2CCC(C#N)CC2)c1. The van der Waals surface area contributed by atoms with Crippen molar-refractivity contribution in [1.29, 1.82) is 5.26 Å². The molecule has 17 heavy (non-hydrogen) atoms. The van der Waals surface area contributed by atoms with Crippen LogP contribution >= 0.6 is 0 Å². The van der Waals surface area contributed by atoms with E-state index >= 15 is 0 Å². The minimum atomic E-state index is 0.242. The van der Waals surface area contributed by atoms with Gasteiger partial charge < -0.3 is 4.90 Å². The molecule has 0 saturated carbocycles. The zero-order valence-corrected chi connectivity index (χ0v) is 11.0. The number of aryl methyl sites for hydroxylation is 1. The molecule has 1 fully saturated rings. The smallest absolute Gasteiger partial charge is 0.128 e. The number of hydrogen-bond acceptors (Lipinski definition) is 3. The maximum Gasteiger partial charge on any atom is 0.128 e. The molecule has 3 heteroatoms. The van der Waals surface area contributed by atoms with E-state index in [9.17, 15) is 0 Å². The van der Waals surface area contributed by atoms with Gasteiger partial charge in [-0.1, -0.05) is 13.8 Å². The van der Waals surface area contributed by atoms with E-state index in [4.69, 9.17) is 5.26 Å². The van der Waals surface area contributed by atoms with E-state index in [-0.39, 0.29) is 5.92 Å². The minimum absolute atomic E-state index is 0.242. The van der Waals surface area contributed by atoms with Gasteiger partial charge in [-0.3, -0.25) is 0 Å². The Hall–Kier alpha value is -1.56. The molecule has 0 N–H and O–H groups in total. The second-order valence-corrected chi connectivity index (χ2v) is 4.08. The van der Waals surface area contributed by atoms with Gasteiger partial charge >= 0.3 is 0 Å². The van der Waals surface area contributed by atoms with Crippen molar-refractivity contribution in [3.8, 4) is 6.07 Å². The Bertz CT molecular complexity index is 373. The zero-order valence-electron chi connectivity index (χ0n) is 11.0. The van der Waals surface area contributed by atoms with Gasteiger partial charge in [-0.25, -0.2) is 4.98 Å². The lowest BCUT2D eigenvalue weighted by Crippen LogP contribution is -2.33. The lowest BCUT2D eigenvalue weighted by molar-refractivity contribution is 0.485. The molecular formula is C14H21N3. The van der Waals surface area contributed by atoms with Crippen molar-refractivity contribution in [2.75, 3.05) is 18.0 Å². The number of rotatable bonds is 1. The number of hydrogen-bond donors (Lipinski definition) is 0. The highest BCUT2D eigenvalue weighted by molar-refractivity contribution is 5.41. The second kappa shape index (κ2) is 6.90. The van der Waals surface area contributed by atoms with Crippen molar-refractivity contribution < 1.29 is 0 Å². The van der Waals surface area contributed by atoms with Crippen LogP contribution in [0.2, 0.25) is 0 Å². The molecule has 0 spiro atoms.